The van der Waals surface area contributed by atoms with Gasteiger partial charge in [-0.25, -0.2) is 4.79 Å². The highest BCUT2D eigenvalue weighted by molar-refractivity contribution is 5.96. The van der Waals surface area contributed by atoms with E-state index >= 15 is 0 Å². The van der Waals surface area contributed by atoms with Crippen LogP contribution >= 0.6 is 0 Å². The molecule has 1 aromatic rings. The van der Waals surface area contributed by atoms with E-state index in [-0.39, 0.29) is 35.7 Å². The number of aliphatic hydroxyl groups excluding tert-OH is 2. The number of aromatic hydroxyl groups is 1. The number of esters is 1. The van der Waals surface area contributed by atoms with Crippen LogP contribution in [0.2, 0.25) is 0 Å². The zero-order chi connectivity index (χ0) is 30.1. The van der Waals surface area contributed by atoms with Crippen LogP contribution in [0, 0.1) is 24.7 Å². The Labute approximate surface area is 244 Å². The highest BCUT2D eigenvalue weighted by Gasteiger charge is 2.52. The van der Waals surface area contributed by atoms with Crippen molar-refractivity contribution >= 4 is 11.5 Å². The number of carbonyl (C=O) groups is 1. The zero-order valence-electron chi connectivity index (χ0n) is 25.6. The average Bonchev–Trinajstić information content (AvgIpc) is 2.93. The van der Waals surface area contributed by atoms with Crippen molar-refractivity contribution in [2.45, 2.75) is 117 Å². The lowest BCUT2D eigenvalue weighted by Crippen LogP contribution is -2.59. The summed E-state index contributed by atoms with van der Waals surface area (Å²) in [4.78, 5) is 13.7. The smallest absolute Gasteiger partial charge is 0.339 e. The summed E-state index contributed by atoms with van der Waals surface area (Å²) in [5.74, 6) is -1.41. The number of carbonyl (C=O) groups excluding carboxylic acids is 1. The van der Waals surface area contributed by atoms with Gasteiger partial charge < -0.3 is 29.5 Å². The Morgan fingerprint density at radius 3 is 2.49 bits per heavy atom. The number of phenols is 1. The summed E-state index contributed by atoms with van der Waals surface area (Å²) in [5, 5.41) is 32.6. The first-order chi connectivity index (χ1) is 19.3. The van der Waals surface area contributed by atoms with Crippen molar-refractivity contribution in [1.29, 1.82) is 0 Å². The third-order valence-electron chi connectivity index (χ3n) is 9.33. The van der Waals surface area contributed by atoms with Crippen molar-refractivity contribution < 1.29 is 34.3 Å². The summed E-state index contributed by atoms with van der Waals surface area (Å²) >= 11 is 0. The Morgan fingerprint density at radius 1 is 1.05 bits per heavy atom. The van der Waals surface area contributed by atoms with E-state index < -0.39 is 30.1 Å². The quantitative estimate of drug-likeness (QED) is 0.286. The van der Waals surface area contributed by atoms with Gasteiger partial charge in [0.1, 0.15) is 11.9 Å². The summed E-state index contributed by atoms with van der Waals surface area (Å²) in [6.45, 7) is 13.8. The summed E-state index contributed by atoms with van der Waals surface area (Å²) in [6.07, 6.45) is 7.88. The largest absolute Gasteiger partial charge is 0.508 e. The molecule has 2 bridgehead atoms. The van der Waals surface area contributed by atoms with Crippen LogP contribution in [0.5, 0.6) is 5.75 Å². The summed E-state index contributed by atoms with van der Waals surface area (Å²) in [7, 11) is 0. The van der Waals surface area contributed by atoms with E-state index in [1.807, 2.05) is 52.0 Å². The van der Waals surface area contributed by atoms with Crippen molar-refractivity contribution in [3.05, 3.63) is 58.7 Å². The van der Waals surface area contributed by atoms with Gasteiger partial charge in [-0.05, 0) is 67.5 Å². The molecule has 4 rings (SSSR count). The normalized spacial score (nSPS) is 39.0. The zero-order valence-corrected chi connectivity index (χ0v) is 25.6. The fourth-order valence-electron chi connectivity index (χ4n) is 6.39. The topological polar surface area (TPSA) is 105 Å². The average molecular weight is 569 g/mol. The fraction of sp³-hybridized carbons (Fsp3) is 0.618. The first kappa shape index (κ1) is 31.5. The van der Waals surface area contributed by atoms with Gasteiger partial charge >= 0.3 is 5.97 Å². The predicted molar refractivity (Wildman–Crippen MR) is 159 cm³/mol. The first-order valence-corrected chi connectivity index (χ1v) is 15.1. The van der Waals surface area contributed by atoms with E-state index in [4.69, 9.17) is 14.2 Å². The number of phenolic OH excluding ortho intramolecular Hbond substituents is 1. The van der Waals surface area contributed by atoms with Crippen molar-refractivity contribution in [1.82, 2.24) is 0 Å². The molecule has 3 aliphatic rings. The van der Waals surface area contributed by atoms with Gasteiger partial charge in [0.05, 0.1) is 30.0 Å². The van der Waals surface area contributed by atoms with Crippen LogP contribution in [0.4, 0.5) is 0 Å². The van der Waals surface area contributed by atoms with Gasteiger partial charge in [-0.1, -0.05) is 58.4 Å². The van der Waals surface area contributed by atoms with Gasteiger partial charge in [0.25, 0.3) is 0 Å². The standard InChI is InChI=1S/C34H48O7/c1-8-19(2)32-24(7)30(36)18-34(41-32)17-26-15-25(40-34)13-12-22(5)31(37)21(4)11-9-10-20(3)27-16-29(35)23(6)14-28(27)33(38)39-26/h9-12,14,16,19,21,24-26,30-32,35-37H,8,13,15,17-18H2,1-7H3/b11-9+,20-10+,22-12+/t19-,21-,24-,25+,26-,30-,31-,32-,34+/m0/s1. The second-order valence-corrected chi connectivity index (χ2v) is 12.6. The van der Waals surface area contributed by atoms with Crippen molar-refractivity contribution in [2.75, 3.05) is 0 Å². The molecule has 1 spiro atoms. The molecule has 0 aliphatic carbocycles. The van der Waals surface area contributed by atoms with Crippen LogP contribution in [0.25, 0.3) is 5.57 Å². The maximum atomic E-state index is 13.7. The lowest BCUT2D eigenvalue weighted by atomic mass is 9.79. The number of hydrogen-bond donors (Lipinski definition) is 3. The van der Waals surface area contributed by atoms with Crippen molar-refractivity contribution in [3.63, 3.8) is 0 Å². The van der Waals surface area contributed by atoms with Gasteiger partial charge in [-0.15, -0.1) is 0 Å². The number of allylic oxidation sites excluding steroid dienone is 3. The fourth-order valence-corrected chi connectivity index (χ4v) is 6.39. The third-order valence-corrected chi connectivity index (χ3v) is 9.33. The molecular formula is C34H48O7. The van der Waals surface area contributed by atoms with E-state index in [2.05, 4.69) is 13.8 Å². The Morgan fingerprint density at radius 2 is 1.78 bits per heavy atom. The number of hydrogen-bond acceptors (Lipinski definition) is 7. The second-order valence-electron chi connectivity index (χ2n) is 12.6. The number of fused-ring (bicyclic) bond motifs is 3. The molecule has 0 aromatic heterocycles. The molecule has 0 radical (unpaired) electrons. The highest BCUT2D eigenvalue weighted by atomic mass is 16.7. The Hall–Kier alpha value is -2.45. The monoisotopic (exact) mass is 568 g/mol. The Kier molecular flexibility index (Phi) is 9.85. The molecular weight excluding hydrogens is 520 g/mol. The molecule has 2 fully saturated rings. The lowest BCUT2D eigenvalue weighted by molar-refractivity contribution is -0.353. The van der Waals surface area contributed by atoms with Crippen molar-refractivity contribution in [2.24, 2.45) is 17.8 Å². The molecule has 3 heterocycles. The Balaban J connectivity index is 1.76. The van der Waals surface area contributed by atoms with Crippen LogP contribution in [-0.4, -0.2) is 57.6 Å². The molecule has 0 amide bonds. The van der Waals surface area contributed by atoms with E-state index in [1.54, 1.807) is 19.1 Å². The molecule has 226 valence electrons. The third kappa shape index (κ3) is 6.96. The summed E-state index contributed by atoms with van der Waals surface area (Å²) < 4.78 is 19.6. The molecule has 41 heavy (non-hydrogen) atoms. The van der Waals surface area contributed by atoms with Crippen LogP contribution in [0.1, 0.15) is 95.1 Å². The van der Waals surface area contributed by atoms with E-state index in [0.717, 1.165) is 17.6 Å². The number of aryl methyl sites for hydroxylation is 1. The minimum atomic E-state index is -1.08. The number of benzene rings is 1. The Bertz CT molecular complexity index is 1200. The summed E-state index contributed by atoms with van der Waals surface area (Å²) in [6, 6.07) is 3.27. The van der Waals surface area contributed by atoms with E-state index in [0.29, 0.717) is 42.4 Å². The van der Waals surface area contributed by atoms with Crippen LogP contribution < -0.4 is 0 Å². The van der Waals surface area contributed by atoms with Crippen LogP contribution in [-0.2, 0) is 14.2 Å². The van der Waals surface area contributed by atoms with E-state index in [9.17, 15) is 20.1 Å². The molecule has 9 atom stereocenters. The molecule has 7 nitrogen and oxygen atoms in total. The van der Waals surface area contributed by atoms with Gasteiger partial charge in [0.15, 0.2) is 5.79 Å². The van der Waals surface area contributed by atoms with Crippen LogP contribution in [0.15, 0.2) is 42.0 Å². The molecule has 0 saturated carbocycles. The maximum Gasteiger partial charge on any atom is 0.339 e. The minimum absolute atomic E-state index is 0.0461. The predicted octanol–water partition coefficient (Wildman–Crippen LogP) is 6.24. The van der Waals surface area contributed by atoms with Gasteiger partial charge in [-0.2, -0.15) is 0 Å². The minimum Gasteiger partial charge on any atom is -0.508 e. The summed E-state index contributed by atoms with van der Waals surface area (Å²) in [5.41, 5.74) is 3.18. The number of ether oxygens (including phenoxy) is 3. The lowest BCUT2D eigenvalue weighted by Gasteiger charge is -2.52. The van der Waals surface area contributed by atoms with Crippen molar-refractivity contribution in [3.8, 4) is 5.75 Å². The molecule has 7 heteroatoms. The maximum absolute atomic E-state index is 13.7. The molecule has 3 aliphatic heterocycles. The van der Waals surface area contributed by atoms with Crippen LogP contribution in [0.3, 0.4) is 0 Å². The number of aliphatic hydroxyl groups is 2. The molecule has 3 N–H and O–H groups in total. The van der Waals surface area contributed by atoms with E-state index in [1.165, 1.54) is 0 Å². The second kappa shape index (κ2) is 12.8. The molecule has 2 saturated heterocycles. The molecule has 1 aromatic carbocycles. The molecule has 0 unspecified atom stereocenters. The SMILES string of the molecule is CC[C@H](C)[C@@H]1O[C@]2(C[C@@H]3C[C@@H](C/C=C(\C)[C@@H](O)[C@@H](C)/C=C/C=C(\C)c4cc(O)c(C)cc4C(=O)O3)O2)C[C@H](O)[C@@H]1C. The van der Waals surface area contributed by atoms with Gasteiger partial charge in [0, 0.05) is 31.1 Å². The first-order valence-electron chi connectivity index (χ1n) is 15.1. The van der Waals surface area contributed by atoms with Gasteiger partial charge in [0.2, 0.25) is 0 Å². The number of rotatable bonds is 2. The van der Waals surface area contributed by atoms with Gasteiger partial charge in [-0.3, -0.25) is 0 Å². The highest BCUT2D eigenvalue weighted by Crippen LogP contribution is 2.45.